The van der Waals surface area contributed by atoms with Crippen molar-refractivity contribution in [3.05, 3.63) is 35.4 Å². The third-order valence-electron chi connectivity index (χ3n) is 2.28. The summed E-state index contributed by atoms with van der Waals surface area (Å²) in [5.41, 5.74) is 0.225. The first kappa shape index (κ1) is 11.6. The zero-order valence-corrected chi connectivity index (χ0v) is 8.34. The summed E-state index contributed by atoms with van der Waals surface area (Å²) in [4.78, 5) is 10.5. The fraction of sp³-hybridized carbons (Fsp3) is 0.364. The predicted molar refractivity (Wildman–Crippen MR) is 51.5 cm³/mol. The number of halogens is 2. The molecule has 0 aliphatic carbocycles. The largest absolute Gasteiger partial charge is 0.481 e. The Morgan fingerprint density at radius 2 is 2.13 bits per heavy atom. The molecule has 0 amide bonds. The van der Waals surface area contributed by atoms with Crippen LogP contribution in [0.5, 0.6) is 0 Å². The van der Waals surface area contributed by atoms with Gasteiger partial charge in [0, 0.05) is 0 Å². The molecule has 0 saturated carbocycles. The Labute approximate surface area is 86.5 Å². The minimum absolute atomic E-state index is 0.225. The second-order valence-electron chi connectivity index (χ2n) is 3.51. The topological polar surface area (TPSA) is 37.3 Å². The molecule has 82 valence electrons. The molecule has 0 saturated heterocycles. The van der Waals surface area contributed by atoms with Crippen molar-refractivity contribution in [1.29, 1.82) is 0 Å². The molecule has 2 nitrogen and oxygen atoms in total. The van der Waals surface area contributed by atoms with Crippen molar-refractivity contribution in [2.24, 2.45) is 5.92 Å². The van der Waals surface area contributed by atoms with Crippen molar-refractivity contribution in [3.63, 3.8) is 0 Å². The maximum Gasteiger partial charge on any atom is 0.306 e. The van der Waals surface area contributed by atoms with Crippen molar-refractivity contribution >= 4 is 5.97 Å². The summed E-state index contributed by atoms with van der Waals surface area (Å²) in [6.45, 7) is 1.54. The van der Waals surface area contributed by atoms with Gasteiger partial charge in [0.2, 0.25) is 0 Å². The average molecular weight is 214 g/mol. The van der Waals surface area contributed by atoms with E-state index in [1.165, 1.54) is 0 Å². The Hall–Kier alpha value is -1.45. The highest BCUT2D eigenvalue weighted by Gasteiger charge is 2.12. The molecule has 0 fully saturated rings. The van der Waals surface area contributed by atoms with Crippen LogP contribution in [0.3, 0.4) is 0 Å². The van der Waals surface area contributed by atoms with Gasteiger partial charge in [0.15, 0.2) is 0 Å². The van der Waals surface area contributed by atoms with E-state index in [9.17, 15) is 13.6 Å². The molecule has 1 aromatic rings. The van der Waals surface area contributed by atoms with Crippen LogP contribution in [0.2, 0.25) is 0 Å². The third-order valence-corrected chi connectivity index (χ3v) is 2.28. The predicted octanol–water partition coefficient (Wildman–Crippen LogP) is 2.62. The monoisotopic (exact) mass is 214 g/mol. The summed E-state index contributed by atoms with van der Waals surface area (Å²) in [5.74, 6) is -2.47. The van der Waals surface area contributed by atoms with Crippen LogP contribution in [0.1, 0.15) is 18.9 Å². The van der Waals surface area contributed by atoms with Gasteiger partial charge >= 0.3 is 5.97 Å². The second-order valence-corrected chi connectivity index (χ2v) is 3.51. The van der Waals surface area contributed by atoms with Gasteiger partial charge in [-0.05, 0) is 36.6 Å². The van der Waals surface area contributed by atoms with E-state index in [2.05, 4.69) is 0 Å². The van der Waals surface area contributed by atoms with Gasteiger partial charge in [-0.3, -0.25) is 4.79 Å². The Morgan fingerprint density at radius 1 is 1.47 bits per heavy atom. The number of rotatable bonds is 4. The summed E-state index contributed by atoms with van der Waals surface area (Å²) in [6, 6.07) is 3.19. The molecule has 1 N–H and O–H groups in total. The lowest BCUT2D eigenvalue weighted by Crippen LogP contribution is -2.10. The first-order valence-electron chi connectivity index (χ1n) is 4.67. The van der Waals surface area contributed by atoms with Gasteiger partial charge in [0.25, 0.3) is 0 Å². The van der Waals surface area contributed by atoms with Gasteiger partial charge < -0.3 is 5.11 Å². The Morgan fingerprint density at radius 3 is 2.73 bits per heavy atom. The molecule has 0 spiro atoms. The summed E-state index contributed by atoms with van der Waals surface area (Å²) >= 11 is 0. The van der Waals surface area contributed by atoms with Crippen LogP contribution in [0.4, 0.5) is 8.78 Å². The van der Waals surface area contributed by atoms with Gasteiger partial charge in [-0.15, -0.1) is 0 Å². The molecule has 15 heavy (non-hydrogen) atoms. The summed E-state index contributed by atoms with van der Waals surface area (Å²) in [6.07, 6.45) is 0.534. The van der Waals surface area contributed by atoms with Crippen LogP contribution in [-0.4, -0.2) is 11.1 Å². The van der Waals surface area contributed by atoms with Crippen LogP contribution < -0.4 is 0 Å². The average Bonchev–Trinajstić information content (AvgIpc) is 2.18. The Balaban J connectivity index is 2.65. The molecule has 0 aliphatic rings. The normalized spacial score (nSPS) is 12.5. The van der Waals surface area contributed by atoms with E-state index in [-0.39, 0.29) is 12.0 Å². The van der Waals surface area contributed by atoms with E-state index < -0.39 is 23.5 Å². The number of benzene rings is 1. The molecule has 0 aromatic heterocycles. The molecular formula is C11H12F2O2. The molecule has 4 heteroatoms. The number of carbonyl (C=O) groups is 1. The molecular weight excluding hydrogens is 202 g/mol. The second kappa shape index (κ2) is 4.87. The summed E-state index contributed by atoms with van der Waals surface area (Å²) in [5, 5.41) is 8.62. The van der Waals surface area contributed by atoms with E-state index in [0.717, 1.165) is 18.2 Å². The zero-order valence-electron chi connectivity index (χ0n) is 8.34. The Bertz CT molecular complexity index is 364. The highest BCUT2D eigenvalue weighted by molar-refractivity contribution is 5.69. The van der Waals surface area contributed by atoms with Crippen LogP contribution in [0.15, 0.2) is 18.2 Å². The van der Waals surface area contributed by atoms with E-state index in [0.29, 0.717) is 6.42 Å². The smallest absolute Gasteiger partial charge is 0.306 e. The van der Waals surface area contributed by atoms with Gasteiger partial charge in [-0.2, -0.15) is 0 Å². The molecule has 0 bridgehead atoms. The lowest BCUT2D eigenvalue weighted by atomic mass is 10.0. The maximum atomic E-state index is 13.1. The maximum absolute atomic E-state index is 13.1. The molecule has 0 unspecified atom stereocenters. The quantitative estimate of drug-likeness (QED) is 0.836. The van der Waals surface area contributed by atoms with E-state index in [1.807, 2.05) is 0 Å². The standard InChI is InChI=1S/C11H12F2O2/c1-7(11(14)15)2-3-8-6-9(12)4-5-10(8)13/h4-7H,2-3H2,1H3,(H,14,15)/t7-/m1/s1. The zero-order chi connectivity index (χ0) is 11.4. The molecule has 0 radical (unpaired) electrons. The van der Waals surface area contributed by atoms with Gasteiger partial charge in [-0.25, -0.2) is 8.78 Å². The van der Waals surface area contributed by atoms with Crippen molar-refractivity contribution in [3.8, 4) is 0 Å². The first-order chi connectivity index (χ1) is 7.00. The molecule has 0 aliphatic heterocycles. The van der Waals surface area contributed by atoms with Gasteiger partial charge in [-0.1, -0.05) is 6.92 Å². The molecule has 1 aromatic carbocycles. The number of carboxylic acid groups (broad SMARTS) is 1. The van der Waals surface area contributed by atoms with Gasteiger partial charge in [0.1, 0.15) is 11.6 Å². The molecule has 1 rings (SSSR count). The Kier molecular flexibility index (Phi) is 3.77. The van der Waals surface area contributed by atoms with Crippen LogP contribution >= 0.6 is 0 Å². The van der Waals surface area contributed by atoms with E-state index >= 15 is 0 Å². The summed E-state index contributed by atoms with van der Waals surface area (Å²) in [7, 11) is 0. The highest BCUT2D eigenvalue weighted by atomic mass is 19.1. The molecule has 1 atom stereocenters. The number of hydrogen-bond acceptors (Lipinski definition) is 1. The van der Waals surface area contributed by atoms with Crippen LogP contribution in [-0.2, 0) is 11.2 Å². The highest BCUT2D eigenvalue weighted by Crippen LogP contribution is 2.14. The van der Waals surface area contributed by atoms with Crippen molar-refractivity contribution in [1.82, 2.24) is 0 Å². The van der Waals surface area contributed by atoms with Crippen molar-refractivity contribution in [2.75, 3.05) is 0 Å². The minimum Gasteiger partial charge on any atom is -0.481 e. The lowest BCUT2D eigenvalue weighted by molar-refractivity contribution is -0.141. The van der Waals surface area contributed by atoms with Crippen molar-refractivity contribution in [2.45, 2.75) is 19.8 Å². The van der Waals surface area contributed by atoms with Crippen LogP contribution in [0, 0.1) is 17.6 Å². The number of hydrogen-bond donors (Lipinski definition) is 1. The van der Waals surface area contributed by atoms with E-state index in [1.54, 1.807) is 6.92 Å². The van der Waals surface area contributed by atoms with Crippen molar-refractivity contribution < 1.29 is 18.7 Å². The third kappa shape index (κ3) is 3.31. The van der Waals surface area contributed by atoms with E-state index in [4.69, 9.17) is 5.11 Å². The number of carboxylic acids is 1. The SMILES string of the molecule is C[C@H](CCc1cc(F)ccc1F)C(=O)O. The number of aryl methyl sites for hydroxylation is 1. The minimum atomic E-state index is -0.924. The van der Waals surface area contributed by atoms with Gasteiger partial charge in [0.05, 0.1) is 5.92 Å². The first-order valence-corrected chi connectivity index (χ1v) is 4.67. The summed E-state index contributed by atoms with van der Waals surface area (Å²) < 4.78 is 25.9. The molecule has 0 heterocycles. The fourth-order valence-corrected chi connectivity index (χ4v) is 1.23. The van der Waals surface area contributed by atoms with Crippen LogP contribution in [0.25, 0.3) is 0 Å². The number of aliphatic carboxylic acids is 1. The fourth-order valence-electron chi connectivity index (χ4n) is 1.23. The lowest BCUT2D eigenvalue weighted by Gasteiger charge is -2.06.